The Morgan fingerprint density at radius 1 is 1.27 bits per heavy atom. The average molecular weight is 327 g/mol. The minimum absolute atomic E-state index is 0.0967. The minimum atomic E-state index is -0.737. The van der Waals surface area contributed by atoms with Gasteiger partial charge in [0, 0.05) is 5.02 Å². The number of halogens is 1. The second-order valence-corrected chi connectivity index (χ2v) is 6.47. The van der Waals surface area contributed by atoms with E-state index in [9.17, 15) is 4.79 Å². The number of rotatable bonds is 4. The molecular formula is C16H19ClO5. The second kappa shape index (κ2) is 5.91. The maximum Gasteiger partial charge on any atom is 0.190 e. The van der Waals surface area contributed by atoms with E-state index in [4.69, 9.17) is 30.5 Å². The molecule has 2 heterocycles. The molecule has 0 radical (unpaired) electrons. The van der Waals surface area contributed by atoms with Crippen molar-refractivity contribution >= 4 is 17.4 Å². The molecule has 0 bridgehead atoms. The molecule has 2 fully saturated rings. The van der Waals surface area contributed by atoms with Gasteiger partial charge in [0.25, 0.3) is 0 Å². The van der Waals surface area contributed by atoms with Crippen molar-refractivity contribution in [3.8, 4) is 0 Å². The van der Waals surface area contributed by atoms with Gasteiger partial charge in [0.15, 0.2) is 17.9 Å². The molecule has 2 saturated heterocycles. The zero-order chi connectivity index (χ0) is 15.9. The highest BCUT2D eigenvalue weighted by Gasteiger charge is 2.56. The van der Waals surface area contributed by atoms with Gasteiger partial charge < -0.3 is 18.9 Å². The maximum absolute atomic E-state index is 11.8. The molecular weight excluding hydrogens is 308 g/mol. The van der Waals surface area contributed by atoms with Gasteiger partial charge in [-0.25, -0.2) is 0 Å². The summed E-state index contributed by atoms with van der Waals surface area (Å²) in [4.78, 5) is 11.8. The van der Waals surface area contributed by atoms with Crippen LogP contribution in [0.1, 0.15) is 26.3 Å². The molecule has 0 amide bonds. The Kier molecular flexibility index (Phi) is 4.27. The summed E-state index contributed by atoms with van der Waals surface area (Å²) in [6.07, 6.45) is -2.13. The number of fused-ring (bicyclic) bond motifs is 1. The molecule has 0 N–H and O–H groups in total. The molecule has 5 nitrogen and oxygen atoms in total. The molecule has 0 spiro atoms. The predicted molar refractivity (Wildman–Crippen MR) is 79.4 cm³/mol. The number of benzene rings is 1. The molecule has 22 heavy (non-hydrogen) atoms. The highest BCUT2D eigenvalue weighted by Crippen LogP contribution is 2.39. The quantitative estimate of drug-likeness (QED) is 0.851. The zero-order valence-electron chi connectivity index (χ0n) is 12.7. The number of carbonyl (C=O) groups is 1. The molecule has 2 aliphatic heterocycles. The van der Waals surface area contributed by atoms with Crippen LogP contribution in [-0.2, 0) is 30.3 Å². The Balaban J connectivity index is 1.71. The van der Waals surface area contributed by atoms with Crippen molar-refractivity contribution < 1.29 is 23.7 Å². The Hall–Kier alpha value is -0.980. The first-order valence-electron chi connectivity index (χ1n) is 7.23. The van der Waals surface area contributed by atoms with E-state index in [1.165, 1.54) is 6.92 Å². The molecule has 6 heteroatoms. The van der Waals surface area contributed by atoms with E-state index in [0.29, 0.717) is 11.6 Å². The summed E-state index contributed by atoms with van der Waals surface area (Å²) < 4.78 is 23.1. The average Bonchev–Trinajstić information content (AvgIpc) is 2.90. The van der Waals surface area contributed by atoms with Crippen LogP contribution in [0.2, 0.25) is 5.02 Å². The van der Waals surface area contributed by atoms with E-state index in [-0.39, 0.29) is 5.78 Å². The number of Topliss-reactive ketones (excluding diaryl/α,β-unsaturated/α-hetero) is 1. The minimum Gasteiger partial charge on any atom is -0.367 e. The Labute approximate surface area is 134 Å². The standard InChI is InChI=1S/C16H19ClO5/c1-9(18)12-13(14-15(20-12)22-16(2,3)21-14)19-8-10-4-6-11(17)7-5-10/h4-7,12-15H,8H2,1-3H3/t12-,13+,14-,15-/m1/s1. The Bertz CT molecular complexity index is 556. The molecule has 3 rings (SSSR count). The van der Waals surface area contributed by atoms with E-state index in [2.05, 4.69) is 0 Å². The molecule has 0 saturated carbocycles. The van der Waals surface area contributed by atoms with Crippen molar-refractivity contribution in [3.05, 3.63) is 34.9 Å². The van der Waals surface area contributed by atoms with Crippen LogP contribution in [0.4, 0.5) is 0 Å². The van der Waals surface area contributed by atoms with Crippen molar-refractivity contribution in [1.29, 1.82) is 0 Å². The normalized spacial score (nSPS) is 32.9. The summed E-state index contributed by atoms with van der Waals surface area (Å²) in [6.45, 7) is 5.46. The van der Waals surface area contributed by atoms with Crippen LogP contribution in [0.3, 0.4) is 0 Å². The van der Waals surface area contributed by atoms with Gasteiger partial charge in [-0.05, 0) is 38.5 Å². The largest absolute Gasteiger partial charge is 0.367 e. The lowest BCUT2D eigenvalue weighted by atomic mass is 10.1. The summed E-state index contributed by atoms with van der Waals surface area (Å²) in [5, 5.41) is 0.670. The summed E-state index contributed by atoms with van der Waals surface area (Å²) in [5.74, 6) is -0.834. The predicted octanol–water partition coefficient (Wildman–Crippen LogP) is 2.69. The van der Waals surface area contributed by atoms with Crippen LogP contribution in [0.5, 0.6) is 0 Å². The van der Waals surface area contributed by atoms with E-state index in [1.807, 2.05) is 26.0 Å². The van der Waals surface area contributed by atoms with E-state index in [0.717, 1.165) is 5.56 Å². The van der Waals surface area contributed by atoms with Crippen LogP contribution in [0.15, 0.2) is 24.3 Å². The number of carbonyl (C=O) groups excluding carboxylic acids is 1. The molecule has 1 aromatic carbocycles. The van der Waals surface area contributed by atoms with E-state index in [1.54, 1.807) is 12.1 Å². The lowest BCUT2D eigenvalue weighted by molar-refractivity contribution is -0.218. The second-order valence-electron chi connectivity index (χ2n) is 6.04. The number of ether oxygens (including phenoxy) is 4. The molecule has 0 aliphatic carbocycles. The first-order valence-corrected chi connectivity index (χ1v) is 7.61. The number of ketones is 1. The third-order valence-corrected chi connectivity index (χ3v) is 4.00. The van der Waals surface area contributed by atoms with E-state index >= 15 is 0 Å². The van der Waals surface area contributed by atoms with Gasteiger partial charge in [-0.15, -0.1) is 0 Å². The number of hydrogen-bond acceptors (Lipinski definition) is 5. The fraction of sp³-hybridized carbons (Fsp3) is 0.562. The van der Waals surface area contributed by atoms with Crippen LogP contribution in [-0.4, -0.2) is 36.2 Å². The van der Waals surface area contributed by atoms with Crippen molar-refractivity contribution in [2.24, 2.45) is 0 Å². The van der Waals surface area contributed by atoms with Gasteiger partial charge >= 0.3 is 0 Å². The van der Waals surface area contributed by atoms with Gasteiger partial charge in [-0.2, -0.15) is 0 Å². The Morgan fingerprint density at radius 3 is 2.59 bits per heavy atom. The molecule has 1 aromatic rings. The monoisotopic (exact) mass is 326 g/mol. The summed E-state index contributed by atoms with van der Waals surface area (Å²) in [6, 6.07) is 7.37. The SMILES string of the molecule is CC(=O)[C@H]1O[C@@H]2OC(C)(C)O[C@@H]2[C@H]1OCc1ccc(Cl)cc1. The lowest BCUT2D eigenvalue weighted by Crippen LogP contribution is -2.39. The highest BCUT2D eigenvalue weighted by atomic mass is 35.5. The van der Waals surface area contributed by atoms with Gasteiger partial charge in [-0.1, -0.05) is 23.7 Å². The van der Waals surface area contributed by atoms with Crippen LogP contribution in [0.25, 0.3) is 0 Å². The smallest absolute Gasteiger partial charge is 0.190 e. The molecule has 0 aromatic heterocycles. The molecule has 0 unspecified atom stereocenters. The molecule has 120 valence electrons. The lowest BCUT2D eigenvalue weighted by Gasteiger charge is -2.24. The topological polar surface area (TPSA) is 54.0 Å². The van der Waals surface area contributed by atoms with Crippen LogP contribution >= 0.6 is 11.6 Å². The first kappa shape index (κ1) is 15.9. The van der Waals surface area contributed by atoms with Crippen molar-refractivity contribution in [2.45, 2.75) is 57.8 Å². The third-order valence-electron chi connectivity index (χ3n) is 3.75. The fourth-order valence-electron chi connectivity index (χ4n) is 2.76. The van der Waals surface area contributed by atoms with Crippen LogP contribution in [0, 0.1) is 0 Å². The molecule has 4 atom stereocenters. The fourth-order valence-corrected chi connectivity index (χ4v) is 2.89. The van der Waals surface area contributed by atoms with Gasteiger partial charge in [-0.3, -0.25) is 4.79 Å². The first-order chi connectivity index (χ1) is 10.4. The third kappa shape index (κ3) is 3.19. The van der Waals surface area contributed by atoms with Crippen LogP contribution < -0.4 is 0 Å². The maximum atomic E-state index is 11.8. The highest BCUT2D eigenvalue weighted by molar-refractivity contribution is 6.30. The molecule has 2 aliphatic rings. The van der Waals surface area contributed by atoms with Gasteiger partial charge in [0.2, 0.25) is 0 Å². The summed E-state index contributed by atoms with van der Waals surface area (Å²) >= 11 is 5.87. The Morgan fingerprint density at radius 2 is 1.95 bits per heavy atom. The summed E-state index contributed by atoms with van der Waals surface area (Å²) in [5.41, 5.74) is 0.966. The van der Waals surface area contributed by atoms with Crippen molar-refractivity contribution in [3.63, 3.8) is 0 Å². The number of hydrogen-bond donors (Lipinski definition) is 0. The van der Waals surface area contributed by atoms with E-state index < -0.39 is 30.4 Å². The van der Waals surface area contributed by atoms with Crippen molar-refractivity contribution in [2.75, 3.05) is 0 Å². The van der Waals surface area contributed by atoms with Gasteiger partial charge in [0.05, 0.1) is 6.61 Å². The zero-order valence-corrected chi connectivity index (χ0v) is 13.5. The van der Waals surface area contributed by atoms with Crippen molar-refractivity contribution in [1.82, 2.24) is 0 Å². The van der Waals surface area contributed by atoms with Gasteiger partial charge in [0.1, 0.15) is 18.3 Å². The summed E-state index contributed by atoms with van der Waals surface area (Å²) in [7, 11) is 0.